The number of nitrogens with zero attached hydrogens (tertiary/aromatic N) is 2. The summed E-state index contributed by atoms with van der Waals surface area (Å²) in [6.45, 7) is 7.92. The van der Waals surface area contributed by atoms with Crippen molar-refractivity contribution in [1.82, 2.24) is 10.2 Å². The molecule has 5 nitrogen and oxygen atoms in total. The molecular formula is C20H21N3O2S. The van der Waals surface area contributed by atoms with Crippen LogP contribution < -0.4 is 5.32 Å². The van der Waals surface area contributed by atoms with Gasteiger partial charge in [0.2, 0.25) is 11.8 Å². The fourth-order valence-corrected chi connectivity index (χ4v) is 3.02. The number of carbonyl (C=O) groups is 1. The normalized spacial score (nSPS) is 12.0. The summed E-state index contributed by atoms with van der Waals surface area (Å²) in [5, 5.41) is 11.1. The largest absolute Gasteiger partial charge is 0.411 e. The molecule has 1 heterocycles. The zero-order chi connectivity index (χ0) is 18.7. The number of carbonyl (C=O) groups excluding carboxylic acids is 1. The van der Waals surface area contributed by atoms with E-state index in [1.54, 1.807) is 0 Å². The second-order valence-electron chi connectivity index (χ2n) is 6.29. The van der Waals surface area contributed by atoms with Crippen LogP contribution >= 0.6 is 11.8 Å². The van der Waals surface area contributed by atoms with Gasteiger partial charge in [-0.1, -0.05) is 35.5 Å². The van der Waals surface area contributed by atoms with E-state index in [1.165, 1.54) is 22.9 Å². The highest BCUT2D eigenvalue weighted by Crippen LogP contribution is 2.27. The lowest BCUT2D eigenvalue weighted by Crippen LogP contribution is -2.22. The van der Waals surface area contributed by atoms with Crippen molar-refractivity contribution in [3.63, 3.8) is 0 Å². The predicted octanol–water partition coefficient (Wildman–Crippen LogP) is 4.78. The number of hydrogen-bond acceptors (Lipinski definition) is 5. The Bertz CT molecular complexity index is 919. The monoisotopic (exact) mass is 367 g/mol. The second kappa shape index (κ2) is 7.74. The Kier molecular flexibility index (Phi) is 5.42. The highest BCUT2D eigenvalue weighted by atomic mass is 32.2. The average Bonchev–Trinajstić information content (AvgIpc) is 3.07. The smallest absolute Gasteiger partial charge is 0.277 e. The molecule has 3 aromatic rings. The SMILES string of the molecule is Cc1ccc(NC(=O)[C@@H](C)Sc2nnc(-c3ccc(C)c(C)c3)o2)cc1. The number of aryl methyl sites for hydroxylation is 3. The van der Waals surface area contributed by atoms with Gasteiger partial charge in [0.05, 0.1) is 5.25 Å². The Labute approximate surface area is 157 Å². The minimum absolute atomic E-state index is 0.107. The molecule has 0 aliphatic carbocycles. The summed E-state index contributed by atoms with van der Waals surface area (Å²) in [5.41, 5.74) is 5.18. The molecule has 0 saturated heterocycles. The molecule has 26 heavy (non-hydrogen) atoms. The standard InChI is InChI=1S/C20H21N3O2S/c1-12-5-9-17(10-6-12)21-18(24)15(4)26-20-23-22-19(25-20)16-8-7-13(2)14(3)11-16/h5-11,15H,1-4H3,(H,21,24)/t15-/m1/s1. The molecule has 0 aliphatic heterocycles. The third-order valence-corrected chi connectivity index (χ3v) is 5.06. The summed E-state index contributed by atoms with van der Waals surface area (Å²) in [6, 6.07) is 13.7. The summed E-state index contributed by atoms with van der Waals surface area (Å²) < 4.78 is 5.71. The Morgan fingerprint density at radius 3 is 2.46 bits per heavy atom. The second-order valence-corrected chi connectivity index (χ2v) is 7.58. The van der Waals surface area contributed by atoms with Gasteiger partial charge < -0.3 is 9.73 Å². The van der Waals surface area contributed by atoms with Crippen LogP contribution in [0.2, 0.25) is 0 Å². The van der Waals surface area contributed by atoms with Crippen LogP contribution in [0.5, 0.6) is 0 Å². The number of anilines is 1. The van der Waals surface area contributed by atoms with Gasteiger partial charge in [-0.05, 0) is 63.1 Å². The van der Waals surface area contributed by atoms with Crippen molar-refractivity contribution in [2.45, 2.75) is 38.2 Å². The fourth-order valence-electron chi connectivity index (χ4n) is 2.33. The quantitative estimate of drug-likeness (QED) is 0.657. The van der Waals surface area contributed by atoms with Crippen LogP contribution in [0, 0.1) is 20.8 Å². The van der Waals surface area contributed by atoms with E-state index in [2.05, 4.69) is 22.4 Å². The summed E-state index contributed by atoms with van der Waals surface area (Å²) in [6.07, 6.45) is 0. The van der Waals surface area contributed by atoms with E-state index < -0.39 is 0 Å². The Morgan fingerprint density at radius 2 is 1.77 bits per heavy atom. The molecular weight excluding hydrogens is 346 g/mol. The molecule has 134 valence electrons. The summed E-state index contributed by atoms with van der Waals surface area (Å²) in [4.78, 5) is 12.3. The molecule has 0 radical (unpaired) electrons. The maximum atomic E-state index is 12.3. The van der Waals surface area contributed by atoms with Gasteiger partial charge in [0.1, 0.15) is 0 Å². The van der Waals surface area contributed by atoms with Crippen molar-refractivity contribution in [3.05, 3.63) is 59.2 Å². The van der Waals surface area contributed by atoms with Crippen LogP contribution in [0.1, 0.15) is 23.6 Å². The first-order chi connectivity index (χ1) is 12.4. The average molecular weight is 367 g/mol. The molecule has 2 aromatic carbocycles. The fraction of sp³-hybridized carbons (Fsp3) is 0.250. The van der Waals surface area contributed by atoms with Gasteiger partial charge >= 0.3 is 0 Å². The first kappa shape index (κ1) is 18.2. The maximum Gasteiger partial charge on any atom is 0.277 e. The molecule has 1 N–H and O–H groups in total. The maximum absolute atomic E-state index is 12.3. The van der Waals surface area contributed by atoms with E-state index in [0.717, 1.165) is 16.8 Å². The van der Waals surface area contributed by atoms with E-state index in [0.29, 0.717) is 11.1 Å². The highest BCUT2D eigenvalue weighted by Gasteiger charge is 2.19. The molecule has 1 aromatic heterocycles. The summed E-state index contributed by atoms with van der Waals surface area (Å²) in [7, 11) is 0. The third-order valence-electron chi connectivity index (χ3n) is 4.13. The lowest BCUT2D eigenvalue weighted by molar-refractivity contribution is -0.115. The van der Waals surface area contributed by atoms with Crippen molar-refractivity contribution in [2.75, 3.05) is 5.32 Å². The lowest BCUT2D eigenvalue weighted by atomic mass is 10.1. The van der Waals surface area contributed by atoms with Crippen molar-refractivity contribution in [3.8, 4) is 11.5 Å². The zero-order valence-corrected chi connectivity index (χ0v) is 16.1. The number of benzene rings is 2. The Morgan fingerprint density at radius 1 is 1.04 bits per heavy atom. The van der Waals surface area contributed by atoms with E-state index in [1.807, 2.05) is 63.2 Å². The van der Waals surface area contributed by atoms with Crippen LogP contribution in [0.15, 0.2) is 52.1 Å². The molecule has 0 aliphatic rings. The topological polar surface area (TPSA) is 68.0 Å². The van der Waals surface area contributed by atoms with E-state index in [-0.39, 0.29) is 11.2 Å². The van der Waals surface area contributed by atoms with Crippen molar-refractivity contribution in [1.29, 1.82) is 0 Å². The number of aromatic nitrogens is 2. The highest BCUT2D eigenvalue weighted by molar-refractivity contribution is 8.00. The van der Waals surface area contributed by atoms with Crippen LogP contribution in [-0.4, -0.2) is 21.4 Å². The van der Waals surface area contributed by atoms with Crippen molar-refractivity contribution < 1.29 is 9.21 Å². The third kappa shape index (κ3) is 4.32. The van der Waals surface area contributed by atoms with Gasteiger partial charge in [-0.25, -0.2) is 0 Å². The van der Waals surface area contributed by atoms with E-state index in [9.17, 15) is 4.79 Å². The van der Waals surface area contributed by atoms with Gasteiger partial charge in [0.15, 0.2) is 0 Å². The van der Waals surface area contributed by atoms with Crippen LogP contribution in [0.25, 0.3) is 11.5 Å². The van der Waals surface area contributed by atoms with Crippen molar-refractivity contribution >= 4 is 23.4 Å². The molecule has 1 atom stereocenters. The molecule has 1 amide bonds. The first-order valence-electron chi connectivity index (χ1n) is 8.37. The Balaban J connectivity index is 1.65. The molecule has 0 spiro atoms. The van der Waals surface area contributed by atoms with Crippen LogP contribution in [0.3, 0.4) is 0 Å². The lowest BCUT2D eigenvalue weighted by Gasteiger charge is -2.10. The van der Waals surface area contributed by atoms with Gasteiger partial charge in [-0.15, -0.1) is 10.2 Å². The van der Waals surface area contributed by atoms with Crippen LogP contribution in [0.4, 0.5) is 5.69 Å². The van der Waals surface area contributed by atoms with Gasteiger partial charge in [-0.2, -0.15) is 0 Å². The number of rotatable bonds is 5. The number of hydrogen-bond donors (Lipinski definition) is 1. The van der Waals surface area contributed by atoms with E-state index >= 15 is 0 Å². The zero-order valence-electron chi connectivity index (χ0n) is 15.2. The van der Waals surface area contributed by atoms with Gasteiger partial charge in [0.25, 0.3) is 5.22 Å². The number of amides is 1. The van der Waals surface area contributed by atoms with E-state index in [4.69, 9.17) is 4.42 Å². The summed E-state index contributed by atoms with van der Waals surface area (Å²) in [5.74, 6) is 0.353. The molecule has 0 unspecified atom stereocenters. The van der Waals surface area contributed by atoms with Crippen molar-refractivity contribution in [2.24, 2.45) is 0 Å². The van der Waals surface area contributed by atoms with Crippen LogP contribution in [-0.2, 0) is 4.79 Å². The minimum atomic E-state index is -0.357. The van der Waals surface area contributed by atoms with Gasteiger partial charge in [-0.3, -0.25) is 4.79 Å². The number of thioether (sulfide) groups is 1. The molecule has 0 bridgehead atoms. The summed E-state index contributed by atoms with van der Waals surface area (Å²) >= 11 is 1.24. The molecule has 3 rings (SSSR count). The minimum Gasteiger partial charge on any atom is -0.411 e. The van der Waals surface area contributed by atoms with Gasteiger partial charge in [0, 0.05) is 11.3 Å². The first-order valence-corrected chi connectivity index (χ1v) is 9.25. The molecule has 6 heteroatoms. The number of nitrogens with one attached hydrogen (secondary N) is 1. The Hall–Kier alpha value is -2.60. The predicted molar refractivity (Wildman–Crippen MR) is 104 cm³/mol. The molecule has 0 fully saturated rings. The molecule has 0 saturated carbocycles.